The van der Waals surface area contributed by atoms with Gasteiger partial charge in [-0.3, -0.25) is 4.40 Å². The molecule has 3 nitrogen and oxygen atoms in total. The van der Waals surface area contributed by atoms with Crippen LogP contribution in [0.1, 0.15) is 5.69 Å². The molecule has 0 spiro atoms. The van der Waals surface area contributed by atoms with Gasteiger partial charge in [0.1, 0.15) is 5.65 Å². The van der Waals surface area contributed by atoms with Crippen LogP contribution in [0.5, 0.6) is 0 Å². The van der Waals surface area contributed by atoms with Crippen LogP contribution in [0.15, 0.2) is 24.4 Å². The second kappa shape index (κ2) is 3.14. The van der Waals surface area contributed by atoms with Crippen LogP contribution in [0.4, 0.5) is 4.39 Å². The van der Waals surface area contributed by atoms with E-state index >= 15 is 0 Å². The monoisotopic (exact) mass is 180 g/mol. The van der Waals surface area contributed by atoms with E-state index in [0.29, 0.717) is 17.8 Å². The van der Waals surface area contributed by atoms with Gasteiger partial charge in [0.15, 0.2) is 5.95 Å². The second-order valence-electron chi connectivity index (χ2n) is 2.78. The van der Waals surface area contributed by atoms with Gasteiger partial charge >= 0.3 is 0 Å². The Bertz CT molecular complexity index is 424. The van der Waals surface area contributed by atoms with Gasteiger partial charge in [-0.15, -0.1) is 0 Å². The molecular weight excluding hydrogens is 171 g/mol. The minimum atomic E-state index is -0.339. The zero-order chi connectivity index (χ0) is 9.26. The van der Waals surface area contributed by atoms with Crippen molar-refractivity contribution in [1.82, 2.24) is 9.38 Å². The summed E-state index contributed by atoms with van der Waals surface area (Å²) < 4.78 is 14.5. The Kier molecular flexibility index (Phi) is 1.98. The van der Waals surface area contributed by atoms with Gasteiger partial charge in [0, 0.05) is 19.2 Å². The molecular formula is C9H9FN2O. The lowest BCUT2D eigenvalue weighted by atomic mass is 10.4. The Morgan fingerprint density at radius 3 is 3.00 bits per heavy atom. The van der Waals surface area contributed by atoms with Crippen molar-refractivity contribution < 1.29 is 9.50 Å². The third-order valence-electron chi connectivity index (χ3n) is 1.86. The van der Waals surface area contributed by atoms with E-state index in [0.717, 1.165) is 0 Å². The number of imidazole rings is 1. The SMILES string of the molecule is OCCc1cn2c(F)cccc2n1. The summed E-state index contributed by atoms with van der Waals surface area (Å²) in [6, 6.07) is 4.71. The lowest BCUT2D eigenvalue weighted by Crippen LogP contribution is -1.89. The van der Waals surface area contributed by atoms with Crippen LogP contribution < -0.4 is 0 Å². The van der Waals surface area contributed by atoms with Gasteiger partial charge in [-0.2, -0.15) is 4.39 Å². The van der Waals surface area contributed by atoms with Crippen LogP contribution in [-0.4, -0.2) is 21.1 Å². The normalized spacial score (nSPS) is 10.9. The second-order valence-corrected chi connectivity index (χ2v) is 2.78. The van der Waals surface area contributed by atoms with Crippen molar-refractivity contribution in [3.63, 3.8) is 0 Å². The maximum Gasteiger partial charge on any atom is 0.199 e. The number of rotatable bonds is 2. The highest BCUT2D eigenvalue weighted by Gasteiger charge is 2.03. The Balaban J connectivity index is 2.55. The fraction of sp³-hybridized carbons (Fsp3) is 0.222. The van der Waals surface area contributed by atoms with Crippen LogP contribution >= 0.6 is 0 Å². The minimum absolute atomic E-state index is 0.0332. The molecule has 2 aromatic rings. The van der Waals surface area contributed by atoms with E-state index in [1.807, 2.05) is 0 Å². The number of pyridine rings is 1. The first-order valence-electron chi connectivity index (χ1n) is 4.04. The number of halogens is 1. The van der Waals surface area contributed by atoms with Crippen molar-refractivity contribution in [2.24, 2.45) is 0 Å². The molecule has 0 amide bonds. The molecule has 0 fully saturated rings. The molecule has 0 saturated carbocycles. The van der Waals surface area contributed by atoms with Crippen molar-refractivity contribution in [2.75, 3.05) is 6.61 Å². The molecule has 2 rings (SSSR count). The van der Waals surface area contributed by atoms with Gasteiger partial charge in [0.05, 0.1) is 5.69 Å². The topological polar surface area (TPSA) is 37.5 Å². The van der Waals surface area contributed by atoms with Crippen LogP contribution in [0, 0.1) is 5.95 Å². The largest absolute Gasteiger partial charge is 0.396 e. The van der Waals surface area contributed by atoms with Gasteiger partial charge in [-0.25, -0.2) is 4.98 Å². The predicted molar refractivity (Wildman–Crippen MR) is 45.9 cm³/mol. The number of fused-ring (bicyclic) bond motifs is 1. The molecule has 68 valence electrons. The van der Waals surface area contributed by atoms with Gasteiger partial charge < -0.3 is 5.11 Å². The van der Waals surface area contributed by atoms with Gasteiger partial charge in [-0.05, 0) is 12.1 Å². The third-order valence-corrected chi connectivity index (χ3v) is 1.86. The molecule has 0 radical (unpaired) electrons. The van der Waals surface area contributed by atoms with Crippen LogP contribution in [0.3, 0.4) is 0 Å². The van der Waals surface area contributed by atoms with Gasteiger partial charge in [-0.1, -0.05) is 6.07 Å². The highest BCUT2D eigenvalue weighted by atomic mass is 19.1. The smallest absolute Gasteiger partial charge is 0.199 e. The van der Waals surface area contributed by atoms with Gasteiger partial charge in [0.2, 0.25) is 0 Å². The number of aromatic nitrogens is 2. The van der Waals surface area contributed by atoms with Crippen molar-refractivity contribution in [3.05, 3.63) is 36.0 Å². The highest BCUT2D eigenvalue weighted by molar-refractivity contribution is 5.39. The standard InChI is InChI=1S/C9H9FN2O/c10-8-2-1-3-9-11-7(4-5-13)6-12(8)9/h1-3,6,13H,4-5H2. The predicted octanol–water partition coefficient (Wildman–Crippen LogP) is 1.01. The number of hydrogen-bond donors (Lipinski definition) is 1. The quantitative estimate of drug-likeness (QED) is 0.700. The molecule has 0 bridgehead atoms. The Morgan fingerprint density at radius 2 is 2.31 bits per heavy atom. The molecule has 2 aromatic heterocycles. The number of nitrogens with zero attached hydrogens (tertiary/aromatic N) is 2. The Hall–Kier alpha value is -1.42. The first-order valence-corrected chi connectivity index (χ1v) is 4.04. The number of aliphatic hydroxyl groups is 1. The summed E-state index contributed by atoms with van der Waals surface area (Å²) in [5, 5.41) is 8.67. The lowest BCUT2D eigenvalue weighted by Gasteiger charge is -1.91. The number of aliphatic hydroxyl groups excluding tert-OH is 1. The van der Waals surface area contributed by atoms with Crippen LogP contribution in [0.2, 0.25) is 0 Å². The summed E-state index contributed by atoms with van der Waals surface area (Å²) >= 11 is 0. The summed E-state index contributed by atoms with van der Waals surface area (Å²) in [7, 11) is 0. The van der Waals surface area contributed by atoms with E-state index in [2.05, 4.69) is 4.98 Å². The lowest BCUT2D eigenvalue weighted by molar-refractivity contribution is 0.298. The van der Waals surface area contributed by atoms with E-state index in [-0.39, 0.29) is 12.6 Å². The molecule has 0 aliphatic heterocycles. The van der Waals surface area contributed by atoms with Crippen molar-refractivity contribution in [2.45, 2.75) is 6.42 Å². The van der Waals surface area contributed by atoms with E-state index in [1.54, 1.807) is 18.3 Å². The molecule has 0 atom stereocenters. The maximum atomic E-state index is 13.1. The van der Waals surface area contributed by atoms with E-state index < -0.39 is 0 Å². The summed E-state index contributed by atoms with van der Waals surface area (Å²) in [6.45, 7) is 0.0332. The average molecular weight is 180 g/mol. The first-order chi connectivity index (χ1) is 6.31. The van der Waals surface area contributed by atoms with Crippen molar-refractivity contribution >= 4 is 5.65 Å². The van der Waals surface area contributed by atoms with Gasteiger partial charge in [0.25, 0.3) is 0 Å². The zero-order valence-electron chi connectivity index (χ0n) is 6.94. The molecule has 1 N–H and O–H groups in total. The Morgan fingerprint density at radius 1 is 1.46 bits per heavy atom. The summed E-state index contributed by atoms with van der Waals surface area (Å²) in [6.07, 6.45) is 2.06. The molecule has 2 heterocycles. The van der Waals surface area contributed by atoms with Crippen LogP contribution in [0.25, 0.3) is 5.65 Å². The molecule has 0 saturated heterocycles. The number of hydrogen-bond acceptors (Lipinski definition) is 2. The summed E-state index contributed by atoms with van der Waals surface area (Å²) in [5.41, 5.74) is 1.27. The molecule has 0 aliphatic rings. The molecule has 0 unspecified atom stereocenters. The minimum Gasteiger partial charge on any atom is -0.396 e. The molecule has 0 aromatic carbocycles. The molecule has 4 heteroatoms. The fourth-order valence-corrected chi connectivity index (χ4v) is 1.26. The molecule has 0 aliphatic carbocycles. The third kappa shape index (κ3) is 1.40. The van der Waals surface area contributed by atoms with E-state index in [1.165, 1.54) is 10.5 Å². The average Bonchev–Trinajstić information content (AvgIpc) is 2.49. The summed E-state index contributed by atoms with van der Waals surface area (Å²) in [5.74, 6) is -0.339. The van der Waals surface area contributed by atoms with E-state index in [4.69, 9.17) is 5.11 Å². The van der Waals surface area contributed by atoms with E-state index in [9.17, 15) is 4.39 Å². The fourth-order valence-electron chi connectivity index (χ4n) is 1.26. The molecule has 13 heavy (non-hydrogen) atoms. The summed E-state index contributed by atoms with van der Waals surface area (Å²) in [4.78, 5) is 4.13. The van der Waals surface area contributed by atoms with Crippen LogP contribution in [-0.2, 0) is 6.42 Å². The zero-order valence-corrected chi connectivity index (χ0v) is 6.94. The first kappa shape index (κ1) is 8.19. The van der Waals surface area contributed by atoms with Crippen molar-refractivity contribution in [1.29, 1.82) is 0 Å². The Labute approximate surface area is 74.5 Å². The highest BCUT2D eigenvalue weighted by Crippen LogP contribution is 2.07. The van der Waals surface area contributed by atoms with Crippen molar-refractivity contribution in [3.8, 4) is 0 Å². The maximum absolute atomic E-state index is 13.1.